The van der Waals surface area contributed by atoms with E-state index in [1.54, 1.807) is 0 Å². The lowest BCUT2D eigenvalue weighted by molar-refractivity contribution is 0.236. The van der Waals surface area contributed by atoms with Crippen LogP contribution in [0.3, 0.4) is 0 Å². The van der Waals surface area contributed by atoms with Crippen molar-refractivity contribution >= 4 is 16.7 Å². The molecule has 1 spiro atoms. The number of hydrogen-bond donors (Lipinski definition) is 0. The van der Waals surface area contributed by atoms with Gasteiger partial charge in [0.15, 0.2) is 0 Å². The second-order valence-electron chi connectivity index (χ2n) is 4.92. The molecule has 0 N–H and O–H groups in total. The number of aromatic nitrogens is 1. The van der Waals surface area contributed by atoms with Gasteiger partial charge >= 0.3 is 0 Å². The molecule has 0 aromatic carbocycles. The monoisotopic (exact) mass is 251 g/mol. The maximum Gasteiger partial charge on any atom is 0.132 e. The van der Waals surface area contributed by atoms with E-state index in [0.717, 1.165) is 37.3 Å². The molecule has 0 saturated carbocycles. The molecule has 1 aromatic heterocycles. The van der Waals surface area contributed by atoms with Crippen molar-refractivity contribution in [2.75, 3.05) is 31.5 Å². The molecule has 1 unspecified atom stereocenters. The van der Waals surface area contributed by atoms with Crippen LogP contribution >= 0.6 is 0 Å². The molecule has 0 radical (unpaired) electrons. The van der Waals surface area contributed by atoms with Crippen LogP contribution in [-0.4, -0.2) is 41.3 Å². The molecule has 92 valence electrons. The van der Waals surface area contributed by atoms with E-state index in [0.29, 0.717) is 0 Å². The second-order valence-corrected chi connectivity index (χ2v) is 6.74. The summed E-state index contributed by atoms with van der Waals surface area (Å²) in [4.78, 5) is 6.80. The molecule has 0 amide bonds. The molecule has 17 heavy (non-hydrogen) atoms. The first-order valence-corrected chi connectivity index (χ1v) is 7.05. The van der Waals surface area contributed by atoms with E-state index in [1.807, 2.05) is 29.7 Å². The molecular weight excluding hydrogens is 234 g/mol. The zero-order valence-corrected chi connectivity index (χ0v) is 11.0. The highest BCUT2D eigenvalue weighted by atomic mass is 32.2. The van der Waals surface area contributed by atoms with Gasteiger partial charge in [0, 0.05) is 13.2 Å². The quantitative estimate of drug-likeness (QED) is 0.693. The third kappa shape index (κ3) is 1.45. The number of hydrogen-bond acceptors (Lipinski definition) is 3. The lowest BCUT2D eigenvalue weighted by Crippen LogP contribution is -2.43. The first kappa shape index (κ1) is 11.2. The summed E-state index contributed by atoms with van der Waals surface area (Å²) in [6, 6.07) is 3.94. The number of nitrogens with zero attached hydrogens (tertiary/aromatic N) is 3. The van der Waals surface area contributed by atoms with E-state index in [1.165, 1.54) is 0 Å². The Labute approximate surface area is 104 Å². The summed E-state index contributed by atoms with van der Waals surface area (Å²) >= 11 is 0. The molecule has 2 aliphatic rings. The average molecular weight is 251 g/mol. The Morgan fingerprint density at radius 1 is 1.35 bits per heavy atom. The number of rotatable bonds is 0. The van der Waals surface area contributed by atoms with Crippen LogP contribution in [0.5, 0.6) is 0 Å². The van der Waals surface area contributed by atoms with Crippen molar-refractivity contribution in [2.24, 2.45) is 0 Å². The summed E-state index contributed by atoms with van der Waals surface area (Å²) in [6.07, 6.45) is 3.68. The standard InChI is InChI=1S/C12H17N3OS/c1-14-8-5-12(6-9-14)11-10(4-3-7-13-11)15(2)17(12)16/h3-4,7H,5-6,8-9H2,1-2H3. The molecule has 1 fully saturated rings. The average Bonchev–Trinajstić information content (AvgIpc) is 2.57. The first-order valence-electron chi connectivity index (χ1n) is 5.95. The van der Waals surface area contributed by atoms with Crippen molar-refractivity contribution in [3.05, 3.63) is 24.0 Å². The van der Waals surface area contributed by atoms with Crippen molar-refractivity contribution in [3.8, 4) is 0 Å². The molecular formula is C12H17N3OS. The van der Waals surface area contributed by atoms with Crippen molar-refractivity contribution < 1.29 is 4.21 Å². The van der Waals surface area contributed by atoms with Crippen molar-refractivity contribution in [1.82, 2.24) is 9.88 Å². The number of fused-ring (bicyclic) bond motifs is 2. The molecule has 1 saturated heterocycles. The molecule has 3 heterocycles. The van der Waals surface area contributed by atoms with Crippen molar-refractivity contribution in [1.29, 1.82) is 0 Å². The van der Waals surface area contributed by atoms with Crippen LogP contribution < -0.4 is 4.31 Å². The van der Waals surface area contributed by atoms with Gasteiger partial charge in [-0.2, -0.15) is 0 Å². The molecule has 3 rings (SSSR count). The minimum Gasteiger partial charge on any atom is -0.306 e. The smallest absolute Gasteiger partial charge is 0.132 e. The highest BCUT2D eigenvalue weighted by molar-refractivity contribution is 7.87. The van der Waals surface area contributed by atoms with Crippen LogP contribution in [0.15, 0.2) is 18.3 Å². The fraction of sp³-hybridized carbons (Fsp3) is 0.583. The third-order valence-corrected chi connectivity index (χ3v) is 5.90. The Morgan fingerprint density at radius 2 is 2.06 bits per heavy atom. The maximum absolute atomic E-state index is 12.6. The summed E-state index contributed by atoms with van der Waals surface area (Å²) in [6.45, 7) is 1.99. The van der Waals surface area contributed by atoms with Gasteiger partial charge in [-0.15, -0.1) is 0 Å². The van der Waals surface area contributed by atoms with Gasteiger partial charge in [-0.05, 0) is 45.1 Å². The minimum atomic E-state index is -0.980. The van der Waals surface area contributed by atoms with Gasteiger partial charge in [0.1, 0.15) is 15.7 Å². The predicted molar refractivity (Wildman–Crippen MR) is 69.2 cm³/mol. The number of piperidine rings is 1. The van der Waals surface area contributed by atoms with E-state index < -0.39 is 11.0 Å². The molecule has 2 aliphatic heterocycles. The van der Waals surface area contributed by atoms with E-state index in [4.69, 9.17) is 0 Å². The zero-order chi connectivity index (χ0) is 12.0. The van der Waals surface area contributed by atoms with Crippen LogP contribution in [-0.2, 0) is 15.7 Å². The van der Waals surface area contributed by atoms with Crippen LogP contribution in [0.1, 0.15) is 18.5 Å². The van der Waals surface area contributed by atoms with E-state index >= 15 is 0 Å². The Bertz CT molecular complexity index is 469. The Hall–Kier alpha value is -0.940. The minimum absolute atomic E-state index is 0.238. The fourth-order valence-electron chi connectivity index (χ4n) is 2.83. The Morgan fingerprint density at radius 3 is 2.76 bits per heavy atom. The molecule has 5 heteroatoms. The van der Waals surface area contributed by atoms with Gasteiger partial charge in [0.25, 0.3) is 0 Å². The molecule has 4 nitrogen and oxygen atoms in total. The zero-order valence-electron chi connectivity index (χ0n) is 10.2. The van der Waals surface area contributed by atoms with Crippen LogP contribution in [0.4, 0.5) is 5.69 Å². The molecule has 0 bridgehead atoms. The highest BCUT2D eigenvalue weighted by Crippen LogP contribution is 2.48. The Kier molecular flexibility index (Phi) is 2.48. The van der Waals surface area contributed by atoms with Crippen LogP contribution in [0, 0.1) is 0 Å². The van der Waals surface area contributed by atoms with Crippen LogP contribution in [0.2, 0.25) is 0 Å². The summed E-state index contributed by atoms with van der Waals surface area (Å²) in [5.41, 5.74) is 2.07. The van der Waals surface area contributed by atoms with Gasteiger partial charge in [0.05, 0.1) is 11.4 Å². The summed E-state index contributed by atoms with van der Waals surface area (Å²) in [5.74, 6) is 0. The topological polar surface area (TPSA) is 36.4 Å². The maximum atomic E-state index is 12.6. The Balaban J connectivity index is 2.09. The van der Waals surface area contributed by atoms with Crippen molar-refractivity contribution in [2.45, 2.75) is 17.6 Å². The fourth-order valence-corrected chi connectivity index (χ4v) is 4.53. The number of pyridine rings is 1. The van der Waals surface area contributed by atoms with Gasteiger partial charge in [-0.25, -0.2) is 4.21 Å². The van der Waals surface area contributed by atoms with Crippen LogP contribution in [0.25, 0.3) is 0 Å². The number of anilines is 1. The van der Waals surface area contributed by atoms with Gasteiger partial charge in [0.2, 0.25) is 0 Å². The normalized spacial score (nSPS) is 27.4. The van der Waals surface area contributed by atoms with E-state index in [9.17, 15) is 4.21 Å². The molecule has 1 aromatic rings. The summed E-state index contributed by atoms with van der Waals surface area (Å²) in [7, 11) is 3.05. The van der Waals surface area contributed by atoms with Crippen molar-refractivity contribution in [3.63, 3.8) is 0 Å². The first-order chi connectivity index (χ1) is 8.15. The number of likely N-dealkylation sites (tertiary alicyclic amines) is 1. The summed E-state index contributed by atoms with van der Waals surface area (Å²) < 4.78 is 14.3. The van der Waals surface area contributed by atoms with Gasteiger partial charge < -0.3 is 4.90 Å². The van der Waals surface area contributed by atoms with E-state index in [2.05, 4.69) is 16.9 Å². The predicted octanol–water partition coefficient (Wildman–Crippen LogP) is 1.12. The second kappa shape index (κ2) is 3.78. The van der Waals surface area contributed by atoms with Gasteiger partial charge in [-0.3, -0.25) is 9.29 Å². The molecule has 1 atom stereocenters. The SMILES string of the molecule is CN1CCC2(CC1)c1ncccc1N(C)S2=O. The summed E-state index contributed by atoms with van der Waals surface area (Å²) in [5, 5.41) is 0. The largest absolute Gasteiger partial charge is 0.306 e. The lowest BCUT2D eigenvalue weighted by Gasteiger charge is -2.36. The highest BCUT2D eigenvalue weighted by Gasteiger charge is 2.51. The van der Waals surface area contributed by atoms with Gasteiger partial charge in [-0.1, -0.05) is 0 Å². The van der Waals surface area contributed by atoms with E-state index in [-0.39, 0.29) is 4.75 Å². The molecule has 0 aliphatic carbocycles. The third-order valence-electron chi connectivity index (χ3n) is 3.93. The lowest BCUT2D eigenvalue weighted by atomic mass is 9.91.